The quantitative estimate of drug-likeness (QED) is 0.728. The van der Waals surface area contributed by atoms with Gasteiger partial charge in [-0.2, -0.15) is 0 Å². The van der Waals surface area contributed by atoms with Gasteiger partial charge in [0.05, 0.1) is 12.6 Å². The molecule has 3 rings (SSSR count). The molecule has 0 aliphatic heterocycles. The Labute approximate surface area is 125 Å². The highest BCUT2D eigenvalue weighted by molar-refractivity contribution is 7.89. The van der Waals surface area contributed by atoms with Crippen molar-refractivity contribution in [2.75, 3.05) is 0 Å². The summed E-state index contributed by atoms with van der Waals surface area (Å²) >= 11 is 0. The largest absolute Gasteiger partial charge is 0.447 e. The Balaban J connectivity index is 1.64. The maximum absolute atomic E-state index is 12.3. The average Bonchev–Trinajstić information content (AvgIpc) is 3.12. The second-order valence-corrected chi connectivity index (χ2v) is 8.27. The predicted octanol–water partition coefficient (Wildman–Crippen LogP) is 0.969. The zero-order valence-electron chi connectivity index (χ0n) is 12.3. The Morgan fingerprint density at radius 1 is 1.38 bits per heavy atom. The molecule has 0 spiro atoms. The molecule has 2 saturated carbocycles. The summed E-state index contributed by atoms with van der Waals surface area (Å²) in [6, 6.07) is 3.44. The van der Waals surface area contributed by atoms with Crippen molar-refractivity contribution >= 4 is 10.0 Å². The van der Waals surface area contributed by atoms with E-state index in [1.807, 2.05) is 13.8 Å². The van der Waals surface area contributed by atoms with Crippen LogP contribution in [-0.2, 0) is 16.6 Å². The van der Waals surface area contributed by atoms with Gasteiger partial charge in [0, 0.05) is 17.5 Å². The predicted molar refractivity (Wildman–Crippen MR) is 77.1 cm³/mol. The second kappa shape index (κ2) is 5.08. The third-order valence-corrected chi connectivity index (χ3v) is 5.90. The number of rotatable bonds is 6. The van der Waals surface area contributed by atoms with Crippen LogP contribution in [0, 0.1) is 5.41 Å². The molecule has 1 aromatic rings. The van der Waals surface area contributed by atoms with Gasteiger partial charge in [-0.05, 0) is 31.4 Å². The normalized spacial score (nSPS) is 28.3. The number of nitrogens with one attached hydrogen (secondary N) is 2. The Morgan fingerprint density at radius 2 is 2.10 bits per heavy atom. The van der Waals surface area contributed by atoms with Crippen molar-refractivity contribution < 1.29 is 17.9 Å². The fourth-order valence-corrected chi connectivity index (χ4v) is 3.83. The SMILES string of the molecule is CC1(C)C(O)CC1NS(=O)(=O)c1ccc(CNC2CC2)o1. The average molecular weight is 314 g/mol. The van der Waals surface area contributed by atoms with Gasteiger partial charge >= 0.3 is 0 Å². The number of hydrogen-bond acceptors (Lipinski definition) is 5. The molecule has 0 bridgehead atoms. The van der Waals surface area contributed by atoms with E-state index in [2.05, 4.69) is 10.0 Å². The summed E-state index contributed by atoms with van der Waals surface area (Å²) in [4.78, 5) is 0. The molecule has 2 fully saturated rings. The van der Waals surface area contributed by atoms with Crippen molar-refractivity contribution in [3.8, 4) is 0 Å². The standard InChI is InChI=1S/C14H22N2O4S/c1-14(2)11(7-12(14)17)16-21(18,19)13-6-5-10(20-13)8-15-9-3-4-9/h5-6,9,11-12,15-17H,3-4,7-8H2,1-2H3. The molecule has 21 heavy (non-hydrogen) atoms. The molecular formula is C14H22N2O4S. The Morgan fingerprint density at radius 3 is 2.67 bits per heavy atom. The van der Waals surface area contributed by atoms with Crippen molar-refractivity contribution in [3.05, 3.63) is 17.9 Å². The first-order valence-corrected chi connectivity index (χ1v) is 8.80. The maximum atomic E-state index is 12.3. The van der Waals surface area contributed by atoms with Gasteiger partial charge < -0.3 is 14.8 Å². The van der Waals surface area contributed by atoms with E-state index in [0.29, 0.717) is 24.8 Å². The van der Waals surface area contributed by atoms with E-state index >= 15 is 0 Å². The summed E-state index contributed by atoms with van der Waals surface area (Å²) < 4.78 is 32.6. The molecule has 2 aliphatic carbocycles. The summed E-state index contributed by atoms with van der Waals surface area (Å²) in [5.41, 5.74) is -0.448. The van der Waals surface area contributed by atoms with Gasteiger partial charge in [0.2, 0.25) is 5.09 Å². The molecule has 2 aliphatic rings. The van der Waals surface area contributed by atoms with Crippen molar-refractivity contribution in [2.45, 2.75) is 62.9 Å². The number of furan rings is 1. The molecule has 2 atom stereocenters. The highest BCUT2D eigenvalue weighted by Crippen LogP contribution is 2.41. The molecule has 3 N–H and O–H groups in total. The first kappa shape index (κ1) is 15.0. The van der Waals surface area contributed by atoms with Crippen molar-refractivity contribution in [1.29, 1.82) is 0 Å². The van der Waals surface area contributed by atoms with Crippen LogP contribution in [0.5, 0.6) is 0 Å². The molecule has 0 amide bonds. The van der Waals surface area contributed by atoms with Gasteiger partial charge in [-0.15, -0.1) is 0 Å². The maximum Gasteiger partial charge on any atom is 0.274 e. The first-order valence-electron chi connectivity index (χ1n) is 7.31. The van der Waals surface area contributed by atoms with Crippen molar-refractivity contribution in [1.82, 2.24) is 10.0 Å². The third kappa shape index (κ3) is 3.01. The van der Waals surface area contributed by atoms with Crippen LogP contribution in [0.3, 0.4) is 0 Å². The lowest BCUT2D eigenvalue weighted by atomic mass is 9.65. The van der Waals surface area contributed by atoms with Gasteiger partial charge in [0.15, 0.2) is 0 Å². The summed E-state index contributed by atoms with van der Waals surface area (Å²) in [5, 5.41) is 12.9. The highest BCUT2D eigenvalue weighted by atomic mass is 32.2. The number of hydrogen-bond donors (Lipinski definition) is 3. The minimum Gasteiger partial charge on any atom is -0.447 e. The third-order valence-electron chi connectivity index (χ3n) is 4.56. The van der Waals surface area contributed by atoms with E-state index in [0.717, 1.165) is 0 Å². The van der Waals surface area contributed by atoms with E-state index in [9.17, 15) is 13.5 Å². The van der Waals surface area contributed by atoms with E-state index in [4.69, 9.17) is 4.42 Å². The zero-order valence-corrected chi connectivity index (χ0v) is 13.1. The fourth-order valence-electron chi connectivity index (χ4n) is 2.48. The van der Waals surface area contributed by atoms with Crippen molar-refractivity contribution in [3.63, 3.8) is 0 Å². The first-order chi connectivity index (χ1) is 9.79. The van der Waals surface area contributed by atoms with Crippen LogP contribution in [0.2, 0.25) is 0 Å². The molecule has 1 heterocycles. The molecule has 118 valence electrons. The van der Waals surface area contributed by atoms with Gasteiger partial charge in [-0.3, -0.25) is 0 Å². The fraction of sp³-hybridized carbons (Fsp3) is 0.714. The second-order valence-electron chi connectivity index (χ2n) is 6.62. The summed E-state index contributed by atoms with van der Waals surface area (Å²) in [6.07, 6.45) is 2.31. The monoisotopic (exact) mass is 314 g/mol. The minimum atomic E-state index is -3.67. The van der Waals surface area contributed by atoms with Crippen LogP contribution >= 0.6 is 0 Å². The Kier molecular flexibility index (Phi) is 3.64. The molecule has 0 radical (unpaired) electrons. The molecule has 6 nitrogen and oxygen atoms in total. The highest BCUT2D eigenvalue weighted by Gasteiger charge is 2.49. The van der Waals surface area contributed by atoms with Crippen LogP contribution in [0.4, 0.5) is 0 Å². The topological polar surface area (TPSA) is 91.6 Å². The van der Waals surface area contributed by atoms with Gasteiger partial charge in [-0.25, -0.2) is 13.1 Å². The van der Waals surface area contributed by atoms with Crippen LogP contribution in [0.1, 0.15) is 38.9 Å². The van der Waals surface area contributed by atoms with Crippen LogP contribution < -0.4 is 10.0 Å². The molecule has 0 saturated heterocycles. The lowest BCUT2D eigenvalue weighted by Gasteiger charge is -2.48. The van der Waals surface area contributed by atoms with Crippen LogP contribution in [0.25, 0.3) is 0 Å². The Bertz CT molecular complexity index is 619. The number of sulfonamides is 1. The van der Waals surface area contributed by atoms with Gasteiger partial charge in [0.25, 0.3) is 10.0 Å². The molecule has 2 unspecified atom stereocenters. The lowest BCUT2D eigenvalue weighted by molar-refractivity contribution is -0.0646. The van der Waals surface area contributed by atoms with Gasteiger partial charge in [-0.1, -0.05) is 13.8 Å². The van der Waals surface area contributed by atoms with Crippen LogP contribution in [0.15, 0.2) is 21.6 Å². The minimum absolute atomic E-state index is 0.0627. The summed E-state index contributed by atoms with van der Waals surface area (Å²) in [5.74, 6) is 0.621. The number of aliphatic hydroxyl groups excluding tert-OH is 1. The molecule has 0 aromatic carbocycles. The van der Waals surface area contributed by atoms with Gasteiger partial charge in [0.1, 0.15) is 5.76 Å². The smallest absolute Gasteiger partial charge is 0.274 e. The van der Waals surface area contributed by atoms with E-state index in [-0.39, 0.29) is 11.1 Å². The number of aliphatic hydroxyl groups is 1. The molecule has 7 heteroatoms. The lowest BCUT2D eigenvalue weighted by Crippen LogP contribution is -2.61. The van der Waals surface area contributed by atoms with E-state index in [1.54, 1.807) is 6.07 Å². The Hall–Kier alpha value is -0.890. The van der Waals surface area contributed by atoms with E-state index < -0.39 is 21.5 Å². The summed E-state index contributed by atoms with van der Waals surface area (Å²) in [6.45, 7) is 4.25. The summed E-state index contributed by atoms with van der Waals surface area (Å²) in [7, 11) is -3.67. The van der Waals surface area contributed by atoms with E-state index in [1.165, 1.54) is 18.9 Å². The molecule has 1 aromatic heterocycles. The van der Waals surface area contributed by atoms with Crippen LogP contribution in [-0.4, -0.2) is 31.7 Å². The van der Waals surface area contributed by atoms with Crippen molar-refractivity contribution in [2.24, 2.45) is 5.41 Å². The molecular weight excluding hydrogens is 292 g/mol. The zero-order chi connectivity index (χ0) is 15.3.